The molecule has 107 heavy (non-hydrogen) atoms. The van der Waals surface area contributed by atoms with E-state index in [9.17, 15) is 43.5 Å². The van der Waals surface area contributed by atoms with Gasteiger partial charge in [-0.05, 0) is 141 Å². The van der Waals surface area contributed by atoms with Crippen LogP contribution in [-0.4, -0.2) is 95.9 Å². The molecule has 0 heterocycles. The molecule has 18 heteroatoms. The molecular weight excluding hydrogens is 1390 g/mol. The van der Waals surface area contributed by atoms with E-state index in [0.717, 1.165) is 173 Å². The van der Waals surface area contributed by atoms with Crippen LogP contribution in [0.25, 0.3) is 0 Å². The molecule has 5 unspecified atom stereocenters. The van der Waals surface area contributed by atoms with Gasteiger partial charge in [0, 0.05) is 19.3 Å². The zero-order chi connectivity index (χ0) is 78.0. The van der Waals surface area contributed by atoms with Crippen LogP contribution in [0.5, 0.6) is 0 Å². The van der Waals surface area contributed by atoms with E-state index in [4.69, 9.17) is 32.3 Å². The first-order valence-electron chi connectivity index (χ1n) is 42.1. The number of phosphoric ester groups is 2. The monoisotopic (exact) mass is 1540 g/mol. The van der Waals surface area contributed by atoms with Crippen LogP contribution < -0.4 is 0 Å². The molecule has 5 atom stereocenters. The SMILES string of the molecule is CC/C=C\C/C=C\C/C=C\C/C=C\C/C=C\CCCCCCCCCCCCCCCCCCCC(=O)OCC(O)COP(=O)(O)OCC(O)COP(=O)(O)OCC(COC(=O)CCCCCCCCC/C=C\C/C=C\C/C=C\C/C=C\C/C=C\CC)OC(=O)CCCCCCC/C=C\C/C=C\CCCCC. The maximum absolute atomic E-state index is 13.0. The third kappa shape index (κ3) is 82.2. The minimum Gasteiger partial charge on any atom is -0.463 e. The number of aliphatic hydroxyl groups is 2. The number of unbranched alkanes of at least 4 members (excludes halogenated alkanes) is 32. The summed E-state index contributed by atoms with van der Waals surface area (Å²) in [5.74, 6) is -1.60. The fraction of sp³-hybridized carbons (Fsp3) is 0.697. The Bertz CT molecular complexity index is 2530. The van der Waals surface area contributed by atoms with Gasteiger partial charge >= 0.3 is 33.6 Å². The maximum atomic E-state index is 13.0. The van der Waals surface area contributed by atoms with E-state index in [-0.39, 0.29) is 19.3 Å². The van der Waals surface area contributed by atoms with Crippen LogP contribution in [-0.2, 0) is 55.8 Å². The van der Waals surface area contributed by atoms with Gasteiger partial charge in [0.2, 0.25) is 0 Å². The molecule has 0 aliphatic rings. The second kappa shape index (κ2) is 80.9. The van der Waals surface area contributed by atoms with Crippen molar-refractivity contribution in [2.45, 2.75) is 360 Å². The van der Waals surface area contributed by atoms with Crippen molar-refractivity contribution in [1.82, 2.24) is 0 Å². The lowest BCUT2D eigenvalue weighted by molar-refractivity contribution is -0.161. The summed E-state index contributed by atoms with van der Waals surface area (Å²) in [5.41, 5.74) is 0. The number of hydrogen-bond donors (Lipinski definition) is 4. The van der Waals surface area contributed by atoms with Gasteiger partial charge in [0.25, 0.3) is 0 Å². The van der Waals surface area contributed by atoms with Gasteiger partial charge in [0.1, 0.15) is 25.4 Å². The molecule has 0 spiro atoms. The Morgan fingerprint density at radius 2 is 0.495 bits per heavy atom. The van der Waals surface area contributed by atoms with Crippen LogP contribution in [0.15, 0.2) is 146 Å². The number of hydrogen-bond acceptors (Lipinski definition) is 14. The topological polar surface area (TPSA) is 231 Å². The second-order valence-corrected chi connectivity index (χ2v) is 30.8. The number of carbonyl (C=O) groups is 3. The highest BCUT2D eigenvalue weighted by molar-refractivity contribution is 7.47. The zero-order valence-corrected chi connectivity index (χ0v) is 69.1. The highest BCUT2D eigenvalue weighted by atomic mass is 31.2. The van der Waals surface area contributed by atoms with Crippen LogP contribution in [0.1, 0.15) is 342 Å². The average Bonchev–Trinajstić information content (AvgIpc) is 0.908. The van der Waals surface area contributed by atoms with Crippen molar-refractivity contribution in [1.29, 1.82) is 0 Å². The lowest BCUT2D eigenvalue weighted by Crippen LogP contribution is -2.30. The number of esters is 3. The Hall–Kier alpha value is -4.57. The number of rotatable bonds is 79. The fourth-order valence-corrected chi connectivity index (χ4v) is 12.8. The number of allylic oxidation sites excluding steroid dienone is 24. The Balaban J connectivity index is 4.47. The molecule has 0 fully saturated rings. The summed E-state index contributed by atoms with van der Waals surface area (Å²) in [6.07, 6.45) is 100. The molecule has 0 amide bonds. The highest BCUT2D eigenvalue weighted by Crippen LogP contribution is 2.45. The summed E-state index contributed by atoms with van der Waals surface area (Å²) in [6.45, 7) is 2.42. The van der Waals surface area contributed by atoms with Gasteiger partial charge in [0.15, 0.2) is 6.10 Å². The molecular formula is C89H152O16P2. The van der Waals surface area contributed by atoms with Gasteiger partial charge in [-0.3, -0.25) is 32.5 Å². The quantitative estimate of drug-likeness (QED) is 0.0146. The van der Waals surface area contributed by atoms with Crippen molar-refractivity contribution >= 4 is 33.6 Å². The normalized spacial score (nSPS) is 14.6. The molecule has 0 bridgehead atoms. The summed E-state index contributed by atoms with van der Waals surface area (Å²) < 4.78 is 61.2. The first-order chi connectivity index (χ1) is 52.2. The molecule has 0 saturated heterocycles. The third-order valence-electron chi connectivity index (χ3n) is 17.5. The third-order valence-corrected chi connectivity index (χ3v) is 19.4. The molecule has 0 saturated carbocycles. The Morgan fingerprint density at radius 1 is 0.271 bits per heavy atom. The van der Waals surface area contributed by atoms with E-state index in [2.05, 4.69) is 167 Å². The molecule has 4 N–H and O–H groups in total. The number of carbonyl (C=O) groups excluding carboxylic acids is 3. The molecule has 0 aliphatic carbocycles. The van der Waals surface area contributed by atoms with Gasteiger partial charge in [-0.25, -0.2) is 9.13 Å². The van der Waals surface area contributed by atoms with Gasteiger partial charge in [-0.2, -0.15) is 0 Å². The van der Waals surface area contributed by atoms with Crippen LogP contribution in [0.4, 0.5) is 0 Å². The number of aliphatic hydroxyl groups excluding tert-OH is 2. The minimum atomic E-state index is -4.94. The van der Waals surface area contributed by atoms with E-state index < -0.39 is 91.5 Å². The van der Waals surface area contributed by atoms with Crippen molar-refractivity contribution in [3.05, 3.63) is 146 Å². The molecule has 0 aromatic rings. The summed E-state index contributed by atoms with van der Waals surface area (Å²) in [5, 5.41) is 20.7. The Morgan fingerprint density at radius 3 is 0.785 bits per heavy atom. The lowest BCUT2D eigenvalue weighted by atomic mass is 10.0. The predicted molar refractivity (Wildman–Crippen MR) is 445 cm³/mol. The zero-order valence-electron chi connectivity index (χ0n) is 67.3. The molecule has 0 rings (SSSR count). The van der Waals surface area contributed by atoms with Crippen LogP contribution in [0.2, 0.25) is 0 Å². The molecule has 614 valence electrons. The Kier molecular flexibility index (Phi) is 77.5. The molecule has 0 radical (unpaired) electrons. The summed E-state index contributed by atoms with van der Waals surface area (Å²) in [6, 6.07) is 0. The van der Waals surface area contributed by atoms with Gasteiger partial charge in [-0.1, -0.05) is 327 Å². The maximum Gasteiger partial charge on any atom is 0.472 e. The molecule has 16 nitrogen and oxygen atoms in total. The standard InChI is InChI=1S/C89H152O16P2/c1-4-7-10-13-16-19-22-25-28-30-32-34-36-37-38-39-40-41-42-43-44-45-47-49-50-52-55-57-60-63-66-69-72-75-87(92)99-78-84(90)79-101-106(95,96)102-80-85(91)81-103-107(97,98)104-83-86(105-89(94)77-74-71-68-65-62-59-54-27-24-21-18-15-12-9-6-3)82-100-88(93)76-73-70-67-64-61-58-56-53-51-48-46-35-33-31-29-26-23-20-17-14-11-8-5-2/h7-8,10-11,16-21,25-29,32-35,37-38,48,51,54,84-86,90-91H,4-6,9,12-15,22-24,30-31,36,39-47,49-50,52-53,55-83H2,1-3H3,(H,95,96)(H,97,98)/b10-7-,11-8-,19-16-,20-17-,21-18-,28-25-,29-26-,34-32-,35-33-,38-37-,51-48-,54-27-. The Labute approximate surface area is 651 Å². The van der Waals surface area contributed by atoms with Crippen molar-refractivity contribution in [2.24, 2.45) is 0 Å². The summed E-state index contributed by atoms with van der Waals surface area (Å²) >= 11 is 0. The smallest absolute Gasteiger partial charge is 0.463 e. The van der Waals surface area contributed by atoms with Gasteiger partial charge in [0.05, 0.1) is 26.4 Å². The summed E-state index contributed by atoms with van der Waals surface area (Å²) in [7, 11) is -9.80. The van der Waals surface area contributed by atoms with Crippen LogP contribution >= 0.6 is 15.6 Å². The van der Waals surface area contributed by atoms with Crippen molar-refractivity contribution in [3.63, 3.8) is 0 Å². The van der Waals surface area contributed by atoms with E-state index >= 15 is 0 Å². The van der Waals surface area contributed by atoms with Crippen LogP contribution in [0, 0.1) is 0 Å². The molecule has 0 aliphatic heterocycles. The van der Waals surface area contributed by atoms with E-state index in [1.165, 1.54) is 109 Å². The molecule has 0 aromatic heterocycles. The fourth-order valence-electron chi connectivity index (χ4n) is 11.2. The first-order valence-corrected chi connectivity index (χ1v) is 45.1. The lowest BCUT2D eigenvalue weighted by Gasteiger charge is -2.21. The van der Waals surface area contributed by atoms with E-state index in [0.29, 0.717) is 19.3 Å². The van der Waals surface area contributed by atoms with Crippen LogP contribution in [0.3, 0.4) is 0 Å². The van der Waals surface area contributed by atoms with Crippen molar-refractivity contribution in [2.75, 3.05) is 39.6 Å². The van der Waals surface area contributed by atoms with Gasteiger partial charge < -0.3 is 34.2 Å². The van der Waals surface area contributed by atoms with Crippen molar-refractivity contribution < 1.29 is 75.8 Å². The number of ether oxygens (including phenoxy) is 3. The van der Waals surface area contributed by atoms with Gasteiger partial charge in [-0.15, -0.1) is 0 Å². The predicted octanol–water partition coefficient (Wildman–Crippen LogP) is 25.2. The van der Waals surface area contributed by atoms with E-state index in [1.807, 2.05) is 0 Å². The second-order valence-electron chi connectivity index (χ2n) is 27.9. The number of phosphoric acid groups is 2. The summed E-state index contributed by atoms with van der Waals surface area (Å²) in [4.78, 5) is 58.7. The largest absolute Gasteiger partial charge is 0.472 e. The van der Waals surface area contributed by atoms with E-state index in [1.54, 1.807) is 0 Å². The first kappa shape index (κ1) is 102. The average molecular weight is 1540 g/mol. The molecule has 0 aromatic carbocycles. The highest BCUT2D eigenvalue weighted by Gasteiger charge is 2.29. The minimum absolute atomic E-state index is 0.0833. The van der Waals surface area contributed by atoms with Crippen molar-refractivity contribution in [3.8, 4) is 0 Å².